The van der Waals surface area contributed by atoms with Gasteiger partial charge >= 0.3 is 0 Å². The number of rotatable bonds is 1. The lowest BCUT2D eigenvalue weighted by atomic mass is 10.1. The predicted octanol–water partition coefficient (Wildman–Crippen LogP) is 3.26. The molecule has 1 N–H and O–H groups in total. The molecule has 0 amide bonds. The maximum atomic E-state index is 9.52. The van der Waals surface area contributed by atoms with Crippen LogP contribution in [0.15, 0.2) is 24.3 Å². The molecule has 2 rings (SSSR count). The average molecular weight is 192 g/mol. The van der Waals surface area contributed by atoms with E-state index >= 15 is 0 Å². The van der Waals surface area contributed by atoms with Crippen molar-refractivity contribution in [1.29, 1.82) is 0 Å². The highest BCUT2D eigenvalue weighted by Crippen LogP contribution is 2.34. The first-order chi connectivity index (χ1) is 6.20. The van der Waals surface area contributed by atoms with Crippen LogP contribution in [0.25, 0.3) is 10.1 Å². The summed E-state index contributed by atoms with van der Waals surface area (Å²) in [4.78, 5) is 1.08. The van der Waals surface area contributed by atoms with Crippen molar-refractivity contribution in [1.82, 2.24) is 0 Å². The van der Waals surface area contributed by atoms with Crippen molar-refractivity contribution in [2.75, 3.05) is 0 Å². The summed E-state index contributed by atoms with van der Waals surface area (Å²) in [5, 5.41) is 10.8. The van der Waals surface area contributed by atoms with Crippen LogP contribution in [0.5, 0.6) is 0 Å². The Morgan fingerprint density at radius 2 is 2.00 bits per heavy atom. The molecule has 0 bridgehead atoms. The molecule has 0 aliphatic rings. The number of aliphatic hydroxyl groups excluding tert-OH is 1. The fourth-order valence-corrected chi connectivity index (χ4v) is 2.74. The lowest BCUT2D eigenvalue weighted by Gasteiger charge is -2.00. The highest BCUT2D eigenvalue weighted by molar-refractivity contribution is 7.19. The third-order valence-corrected chi connectivity index (χ3v) is 3.70. The van der Waals surface area contributed by atoms with Gasteiger partial charge in [-0.3, -0.25) is 0 Å². The first kappa shape index (κ1) is 8.73. The zero-order valence-electron chi connectivity index (χ0n) is 7.74. The summed E-state index contributed by atoms with van der Waals surface area (Å²) in [6.07, 6.45) is -0.350. The van der Waals surface area contributed by atoms with E-state index in [1.165, 1.54) is 15.6 Å². The van der Waals surface area contributed by atoms with Crippen molar-refractivity contribution in [3.63, 3.8) is 0 Å². The zero-order valence-corrected chi connectivity index (χ0v) is 8.56. The minimum absolute atomic E-state index is 0.350. The molecule has 0 radical (unpaired) electrons. The van der Waals surface area contributed by atoms with Gasteiger partial charge in [-0.1, -0.05) is 18.2 Å². The molecule has 1 aromatic carbocycles. The van der Waals surface area contributed by atoms with E-state index in [4.69, 9.17) is 0 Å². The van der Waals surface area contributed by atoms with Crippen LogP contribution in [-0.2, 0) is 0 Å². The summed E-state index contributed by atoms with van der Waals surface area (Å²) in [6.45, 7) is 3.89. The monoisotopic (exact) mass is 192 g/mol. The number of hydrogen-bond acceptors (Lipinski definition) is 2. The fraction of sp³-hybridized carbons (Fsp3) is 0.273. The van der Waals surface area contributed by atoms with E-state index in [9.17, 15) is 5.11 Å². The third-order valence-electron chi connectivity index (χ3n) is 2.26. The minimum Gasteiger partial charge on any atom is -0.388 e. The van der Waals surface area contributed by atoms with Gasteiger partial charge in [-0.25, -0.2) is 0 Å². The fourth-order valence-electron chi connectivity index (χ4n) is 1.59. The van der Waals surface area contributed by atoms with Crippen LogP contribution in [0.2, 0.25) is 0 Å². The van der Waals surface area contributed by atoms with E-state index in [-0.39, 0.29) is 6.10 Å². The highest BCUT2D eigenvalue weighted by atomic mass is 32.1. The summed E-state index contributed by atoms with van der Waals surface area (Å²) in [7, 11) is 0. The van der Waals surface area contributed by atoms with Crippen LogP contribution in [0.1, 0.15) is 23.5 Å². The van der Waals surface area contributed by atoms with E-state index in [0.29, 0.717) is 0 Å². The van der Waals surface area contributed by atoms with Gasteiger partial charge < -0.3 is 5.11 Å². The molecule has 0 aliphatic carbocycles. The molecule has 0 saturated carbocycles. The molecule has 1 aromatic heterocycles. The lowest BCUT2D eigenvalue weighted by Crippen LogP contribution is -1.87. The van der Waals surface area contributed by atoms with Crippen LogP contribution in [-0.4, -0.2) is 5.11 Å². The Hall–Kier alpha value is -0.860. The Morgan fingerprint density at radius 3 is 2.62 bits per heavy atom. The molecule has 0 saturated heterocycles. The SMILES string of the molecule is Cc1c([C@H](C)O)sc2ccccc12. The Labute approximate surface area is 81.6 Å². The predicted molar refractivity (Wildman–Crippen MR) is 57.2 cm³/mol. The molecule has 68 valence electrons. The normalized spacial score (nSPS) is 13.5. The summed E-state index contributed by atoms with van der Waals surface area (Å²) in [5.74, 6) is 0. The van der Waals surface area contributed by atoms with E-state index in [2.05, 4.69) is 19.1 Å². The van der Waals surface area contributed by atoms with Crippen molar-refractivity contribution < 1.29 is 5.11 Å². The summed E-state index contributed by atoms with van der Waals surface area (Å²) >= 11 is 1.68. The average Bonchev–Trinajstić information content (AvgIpc) is 2.45. The first-order valence-corrected chi connectivity index (χ1v) is 5.18. The third kappa shape index (κ3) is 1.36. The lowest BCUT2D eigenvalue weighted by molar-refractivity contribution is 0.202. The maximum absolute atomic E-state index is 9.52. The van der Waals surface area contributed by atoms with Crippen molar-refractivity contribution in [2.24, 2.45) is 0 Å². The van der Waals surface area contributed by atoms with Gasteiger partial charge in [0.1, 0.15) is 0 Å². The van der Waals surface area contributed by atoms with E-state index in [0.717, 1.165) is 4.88 Å². The number of hydrogen-bond donors (Lipinski definition) is 1. The van der Waals surface area contributed by atoms with Crippen molar-refractivity contribution in [3.05, 3.63) is 34.7 Å². The second kappa shape index (κ2) is 3.13. The second-order valence-electron chi connectivity index (χ2n) is 3.26. The molecule has 1 nitrogen and oxygen atoms in total. The largest absolute Gasteiger partial charge is 0.388 e. The van der Waals surface area contributed by atoms with Gasteiger partial charge in [-0.2, -0.15) is 0 Å². The zero-order chi connectivity index (χ0) is 9.42. The summed E-state index contributed by atoms with van der Waals surface area (Å²) < 4.78 is 1.26. The number of benzene rings is 1. The van der Waals surface area contributed by atoms with Crippen LogP contribution < -0.4 is 0 Å². The van der Waals surface area contributed by atoms with Crippen LogP contribution in [0.4, 0.5) is 0 Å². The van der Waals surface area contributed by atoms with Gasteiger partial charge in [0, 0.05) is 9.58 Å². The Kier molecular flexibility index (Phi) is 2.10. The van der Waals surface area contributed by atoms with Gasteiger partial charge in [-0.05, 0) is 30.9 Å². The number of thiophene rings is 1. The minimum atomic E-state index is -0.350. The number of aliphatic hydroxyl groups is 1. The second-order valence-corrected chi connectivity index (χ2v) is 4.35. The Balaban J connectivity index is 2.74. The summed E-state index contributed by atoms with van der Waals surface area (Å²) in [6, 6.07) is 8.27. The molecule has 1 atom stereocenters. The highest BCUT2D eigenvalue weighted by Gasteiger charge is 2.11. The van der Waals surface area contributed by atoms with Gasteiger partial charge in [0.15, 0.2) is 0 Å². The number of fused-ring (bicyclic) bond motifs is 1. The standard InChI is InChI=1S/C11H12OS/c1-7-9-5-3-4-6-10(9)13-11(7)8(2)12/h3-6,8,12H,1-2H3/t8-/m0/s1. The molecule has 0 fully saturated rings. The molecule has 0 aliphatic heterocycles. The van der Waals surface area contributed by atoms with E-state index in [1.54, 1.807) is 11.3 Å². The topological polar surface area (TPSA) is 20.2 Å². The Bertz CT molecular complexity index is 429. The summed E-state index contributed by atoms with van der Waals surface area (Å²) in [5.41, 5.74) is 1.22. The molecule has 1 heterocycles. The van der Waals surface area contributed by atoms with Crippen LogP contribution >= 0.6 is 11.3 Å². The van der Waals surface area contributed by atoms with Gasteiger partial charge in [-0.15, -0.1) is 11.3 Å². The number of aryl methyl sites for hydroxylation is 1. The molecular weight excluding hydrogens is 180 g/mol. The van der Waals surface area contributed by atoms with Crippen molar-refractivity contribution in [3.8, 4) is 0 Å². The van der Waals surface area contributed by atoms with E-state index < -0.39 is 0 Å². The molecule has 0 spiro atoms. The van der Waals surface area contributed by atoms with Gasteiger partial charge in [0.2, 0.25) is 0 Å². The molecule has 2 heteroatoms. The van der Waals surface area contributed by atoms with Gasteiger partial charge in [0.25, 0.3) is 0 Å². The maximum Gasteiger partial charge on any atom is 0.0857 e. The quantitative estimate of drug-likeness (QED) is 0.735. The molecule has 2 aromatic rings. The molecule has 0 unspecified atom stereocenters. The van der Waals surface area contributed by atoms with E-state index in [1.807, 2.05) is 19.1 Å². The molecular formula is C11H12OS. The van der Waals surface area contributed by atoms with Crippen molar-refractivity contribution >= 4 is 21.4 Å². The smallest absolute Gasteiger partial charge is 0.0857 e. The first-order valence-electron chi connectivity index (χ1n) is 4.36. The molecule has 13 heavy (non-hydrogen) atoms. The van der Waals surface area contributed by atoms with Crippen LogP contribution in [0, 0.1) is 6.92 Å². The van der Waals surface area contributed by atoms with Crippen molar-refractivity contribution in [2.45, 2.75) is 20.0 Å². The van der Waals surface area contributed by atoms with Crippen LogP contribution in [0.3, 0.4) is 0 Å². The van der Waals surface area contributed by atoms with Gasteiger partial charge in [0.05, 0.1) is 6.10 Å². The Morgan fingerprint density at radius 1 is 1.31 bits per heavy atom.